The highest BCUT2D eigenvalue weighted by atomic mass is 79.9. The van der Waals surface area contributed by atoms with Crippen LogP contribution in [0.5, 0.6) is 11.6 Å². The van der Waals surface area contributed by atoms with E-state index in [-0.39, 0.29) is 27.3 Å². The Kier molecular flexibility index (Phi) is 7.69. The molecular weight excluding hydrogens is 616 g/mol. The molecule has 0 aliphatic heterocycles. The number of aryl methyl sites for hydroxylation is 1. The number of nitro benzene ring substituents is 1. The van der Waals surface area contributed by atoms with Gasteiger partial charge < -0.3 is 4.74 Å². The fourth-order valence-corrected chi connectivity index (χ4v) is 4.29. The van der Waals surface area contributed by atoms with E-state index in [1.807, 2.05) is 6.92 Å². The number of rotatable bonds is 8. The first-order chi connectivity index (χ1) is 17.7. The minimum atomic E-state index is -0.646. The number of halogens is 2. The maximum Gasteiger partial charge on any atom is 0.313 e. The van der Waals surface area contributed by atoms with E-state index in [4.69, 9.17) is 4.74 Å². The van der Waals surface area contributed by atoms with E-state index in [1.54, 1.807) is 18.2 Å². The molecule has 0 amide bonds. The van der Waals surface area contributed by atoms with E-state index in [1.165, 1.54) is 35.2 Å². The van der Waals surface area contributed by atoms with Gasteiger partial charge >= 0.3 is 5.69 Å². The predicted octanol–water partition coefficient (Wildman–Crippen LogP) is 5.76. The lowest BCUT2D eigenvalue weighted by molar-refractivity contribution is -0.385. The molecule has 0 fully saturated rings. The van der Waals surface area contributed by atoms with Gasteiger partial charge in [0.25, 0.3) is 11.2 Å². The Bertz CT molecular complexity index is 1620. The summed E-state index contributed by atoms with van der Waals surface area (Å²) in [6.07, 6.45) is 3.52. The zero-order valence-electron chi connectivity index (χ0n) is 19.0. The average molecular weight is 632 g/mol. The topological polar surface area (TPSA) is 156 Å². The van der Waals surface area contributed by atoms with Gasteiger partial charge in [0.15, 0.2) is 0 Å². The SMILES string of the molecule is CCCc1nc2ccc(Br)cc2c(=O)n1N=Cc1cc(Br)c(Oc2ccc([N+](=O)[O-])cn2)c([N+](=O)[O-])c1. The zero-order chi connectivity index (χ0) is 26.7. The number of nitrogens with zero attached hydrogens (tertiary/aromatic N) is 6. The molecule has 0 spiro atoms. The largest absolute Gasteiger partial charge is 0.431 e. The summed E-state index contributed by atoms with van der Waals surface area (Å²) in [7, 11) is 0. The van der Waals surface area contributed by atoms with Crippen LogP contribution in [0.1, 0.15) is 24.7 Å². The Morgan fingerprint density at radius 1 is 1.11 bits per heavy atom. The highest BCUT2D eigenvalue weighted by molar-refractivity contribution is 9.10. The van der Waals surface area contributed by atoms with Crippen LogP contribution >= 0.6 is 31.9 Å². The number of hydrogen-bond acceptors (Lipinski definition) is 9. The summed E-state index contributed by atoms with van der Waals surface area (Å²) in [6.45, 7) is 1.95. The molecule has 0 bridgehead atoms. The average Bonchev–Trinajstić information content (AvgIpc) is 2.86. The van der Waals surface area contributed by atoms with E-state index >= 15 is 0 Å². The summed E-state index contributed by atoms with van der Waals surface area (Å²) in [5, 5.41) is 27.3. The first-order valence-corrected chi connectivity index (χ1v) is 12.3. The molecule has 2 aromatic carbocycles. The molecule has 0 radical (unpaired) electrons. The van der Waals surface area contributed by atoms with Gasteiger partial charge in [0.1, 0.15) is 12.0 Å². The van der Waals surface area contributed by atoms with Gasteiger partial charge in [-0.25, -0.2) is 9.97 Å². The van der Waals surface area contributed by atoms with Crippen LogP contribution in [-0.2, 0) is 6.42 Å². The van der Waals surface area contributed by atoms with E-state index in [0.717, 1.165) is 17.1 Å². The van der Waals surface area contributed by atoms with Gasteiger partial charge in [-0.3, -0.25) is 25.0 Å². The number of fused-ring (bicyclic) bond motifs is 1. The van der Waals surface area contributed by atoms with E-state index in [9.17, 15) is 25.0 Å². The lowest BCUT2D eigenvalue weighted by Crippen LogP contribution is -2.22. The second-order valence-corrected chi connectivity index (χ2v) is 9.39. The number of hydrogen-bond donors (Lipinski definition) is 0. The Morgan fingerprint density at radius 2 is 1.89 bits per heavy atom. The number of ether oxygens (including phenoxy) is 1. The lowest BCUT2D eigenvalue weighted by Gasteiger charge is -2.10. The Morgan fingerprint density at radius 3 is 2.54 bits per heavy atom. The van der Waals surface area contributed by atoms with Crippen LogP contribution in [0.2, 0.25) is 0 Å². The summed E-state index contributed by atoms with van der Waals surface area (Å²) in [5.41, 5.74) is -0.170. The van der Waals surface area contributed by atoms with Gasteiger partial charge in [0.2, 0.25) is 11.6 Å². The molecule has 0 unspecified atom stereocenters. The van der Waals surface area contributed by atoms with Crippen molar-refractivity contribution in [1.82, 2.24) is 14.6 Å². The van der Waals surface area contributed by atoms with Crippen LogP contribution < -0.4 is 10.3 Å². The molecule has 14 heteroatoms. The van der Waals surface area contributed by atoms with Crippen molar-refractivity contribution >= 4 is 60.4 Å². The maximum absolute atomic E-state index is 13.2. The standard InChI is InChI=1S/C23H16Br2N6O6/c1-2-3-20-28-18-6-4-14(24)10-16(18)23(32)29(20)27-11-13-8-17(25)22(19(9-13)31(35)36)37-21-7-5-15(12-26-21)30(33)34/h4-12H,2-3H2,1H3. The fraction of sp³-hybridized carbons (Fsp3) is 0.130. The summed E-state index contributed by atoms with van der Waals surface area (Å²) < 4.78 is 7.66. The molecule has 2 aromatic heterocycles. The fourth-order valence-electron chi connectivity index (χ4n) is 3.38. The molecule has 37 heavy (non-hydrogen) atoms. The molecule has 12 nitrogen and oxygen atoms in total. The third-order valence-electron chi connectivity index (χ3n) is 5.05. The summed E-state index contributed by atoms with van der Waals surface area (Å²) in [5.74, 6) is 0.237. The Hall–Kier alpha value is -4.04. The number of benzene rings is 2. The second kappa shape index (κ2) is 10.9. The summed E-state index contributed by atoms with van der Waals surface area (Å²) >= 11 is 6.63. The van der Waals surface area contributed by atoms with Crippen molar-refractivity contribution in [1.29, 1.82) is 0 Å². The highest BCUT2D eigenvalue weighted by Gasteiger charge is 2.22. The van der Waals surface area contributed by atoms with Crippen LogP contribution in [0.15, 0.2) is 67.5 Å². The minimum Gasteiger partial charge on any atom is -0.431 e. The van der Waals surface area contributed by atoms with Gasteiger partial charge in [-0.15, -0.1) is 0 Å². The first kappa shape index (κ1) is 26.0. The molecule has 0 saturated heterocycles. The monoisotopic (exact) mass is 630 g/mol. The number of aromatic nitrogens is 3. The first-order valence-electron chi connectivity index (χ1n) is 10.7. The Labute approximate surface area is 225 Å². The van der Waals surface area contributed by atoms with Crippen molar-refractivity contribution in [2.24, 2.45) is 5.10 Å². The van der Waals surface area contributed by atoms with Crippen molar-refractivity contribution in [2.45, 2.75) is 19.8 Å². The van der Waals surface area contributed by atoms with Crippen molar-refractivity contribution in [2.75, 3.05) is 0 Å². The van der Waals surface area contributed by atoms with Gasteiger partial charge in [-0.05, 0) is 46.6 Å². The zero-order valence-corrected chi connectivity index (χ0v) is 22.2. The Balaban J connectivity index is 1.74. The number of nitro groups is 2. The quantitative estimate of drug-likeness (QED) is 0.135. The van der Waals surface area contributed by atoms with E-state index in [0.29, 0.717) is 28.7 Å². The molecule has 0 aliphatic rings. The molecule has 4 aromatic rings. The van der Waals surface area contributed by atoms with Gasteiger partial charge in [0.05, 0.1) is 31.4 Å². The third-order valence-corrected chi connectivity index (χ3v) is 6.13. The number of pyridine rings is 1. The molecular formula is C23H16Br2N6O6. The van der Waals surface area contributed by atoms with Crippen LogP contribution in [0.25, 0.3) is 10.9 Å². The molecule has 0 N–H and O–H groups in total. The normalized spacial score (nSPS) is 11.2. The van der Waals surface area contributed by atoms with E-state index in [2.05, 4.69) is 46.9 Å². The van der Waals surface area contributed by atoms with Crippen molar-refractivity contribution in [3.05, 3.63) is 99.6 Å². The molecule has 4 rings (SSSR count). The van der Waals surface area contributed by atoms with Crippen molar-refractivity contribution in [3.63, 3.8) is 0 Å². The highest BCUT2D eigenvalue weighted by Crippen LogP contribution is 2.38. The summed E-state index contributed by atoms with van der Waals surface area (Å²) in [4.78, 5) is 42.9. The molecule has 2 heterocycles. The second-order valence-electron chi connectivity index (χ2n) is 7.62. The third kappa shape index (κ3) is 5.70. The van der Waals surface area contributed by atoms with Crippen molar-refractivity contribution in [3.8, 4) is 11.6 Å². The smallest absolute Gasteiger partial charge is 0.313 e. The maximum atomic E-state index is 13.2. The van der Waals surface area contributed by atoms with Gasteiger partial charge in [-0.2, -0.15) is 9.78 Å². The predicted molar refractivity (Wildman–Crippen MR) is 142 cm³/mol. The molecule has 0 saturated carbocycles. The summed E-state index contributed by atoms with van der Waals surface area (Å²) in [6, 6.07) is 10.3. The van der Waals surface area contributed by atoms with Gasteiger partial charge in [-0.1, -0.05) is 22.9 Å². The molecule has 188 valence electrons. The molecule has 0 aliphatic carbocycles. The van der Waals surface area contributed by atoms with Crippen LogP contribution in [0.4, 0.5) is 11.4 Å². The van der Waals surface area contributed by atoms with Gasteiger partial charge in [0, 0.05) is 34.7 Å². The van der Waals surface area contributed by atoms with E-state index < -0.39 is 15.5 Å². The lowest BCUT2D eigenvalue weighted by atomic mass is 10.2. The van der Waals surface area contributed by atoms with Crippen molar-refractivity contribution < 1.29 is 14.6 Å². The van der Waals surface area contributed by atoms with Crippen LogP contribution in [0.3, 0.4) is 0 Å². The van der Waals surface area contributed by atoms with Crippen LogP contribution in [0, 0.1) is 20.2 Å². The van der Waals surface area contributed by atoms with Crippen LogP contribution in [-0.4, -0.2) is 30.7 Å². The minimum absolute atomic E-state index is 0.0695. The molecule has 0 atom stereocenters.